The minimum Gasteiger partial charge on any atom is -0.380 e. The van der Waals surface area contributed by atoms with Gasteiger partial charge >= 0.3 is 0 Å². The van der Waals surface area contributed by atoms with Crippen molar-refractivity contribution in [2.75, 3.05) is 19.8 Å². The van der Waals surface area contributed by atoms with Crippen LogP contribution in [0.1, 0.15) is 30.6 Å². The first kappa shape index (κ1) is 15.4. The van der Waals surface area contributed by atoms with E-state index in [0.717, 1.165) is 16.6 Å². The zero-order chi connectivity index (χ0) is 13.4. The monoisotopic (exact) mass is 361 g/mol. The summed E-state index contributed by atoms with van der Waals surface area (Å²) in [7, 11) is 0. The highest BCUT2D eigenvalue weighted by atomic mass is 127. The van der Waals surface area contributed by atoms with Crippen LogP contribution >= 0.6 is 22.6 Å². The zero-order valence-electron chi connectivity index (χ0n) is 10.9. The number of halogens is 1. The van der Waals surface area contributed by atoms with Crippen LogP contribution in [-0.2, 0) is 4.74 Å². The molecule has 1 rings (SSSR count). The predicted molar refractivity (Wildman–Crippen MR) is 81.8 cm³/mol. The number of carbonyl (C=O) groups is 1. The van der Waals surface area contributed by atoms with Crippen LogP contribution in [-0.4, -0.2) is 25.7 Å². The maximum absolute atomic E-state index is 11.8. The molecule has 0 atom stereocenters. The highest BCUT2D eigenvalue weighted by Crippen LogP contribution is 2.07. The lowest BCUT2D eigenvalue weighted by Crippen LogP contribution is -2.27. The highest BCUT2D eigenvalue weighted by Gasteiger charge is 2.04. The quantitative estimate of drug-likeness (QED) is 0.599. The van der Waals surface area contributed by atoms with Crippen LogP contribution in [0.25, 0.3) is 0 Å². The van der Waals surface area contributed by atoms with Gasteiger partial charge in [0.1, 0.15) is 0 Å². The normalized spacial score (nSPS) is 10.7. The van der Waals surface area contributed by atoms with Crippen molar-refractivity contribution in [1.29, 1.82) is 0 Å². The summed E-state index contributed by atoms with van der Waals surface area (Å²) in [5.41, 5.74) is 0.698. The minimum atomic E-state index is -0.0408. The van der Waals surface area contributed by atoms with Crippen molar-refractivity contribution < 1.29 is 9.53 Å². The van der Waals surface area contributed by atoms with E-state index in [9.17, 15) is 4.79 Å². The fourth-order valence-corrected chi connectivity index (χ4v) is 1.93. The van der Waals surface area contributed by atoms with Crippen LogP contribution < -0.4 is 5.32 Å². The van der Waals surface area contributed by atoms with Crippen LogP contribution in [0.5, 0.6) is 0 Å². The van der Waals surface area contributed by atoms with E-state index >= 15 is 0 Å². The molecular weight excluding hydrogens is 341 g/mol. The van der Waals surface area contributed by atoms with Crippen molar-refractivity contribution in [2.45, 2.75) is 20.3 Å². The van der Waals surface area contributed by atoms with E-state index in [4.69, 9.17) is 4.74 Å². The molecule has 0 aliphatic heterocycles. The molecule has 1 N–H and O–H groups in total. The summed E-state index contributed by atoms with van der Waals surface area (Å²) in [4.78, 5) is 11.8. The van der Waals surface area contributed by atoms with Gasteiger partial charge in [0, 0.05) is 22.3 Å². The molecule has 1 amide bonds. The van der Waals surface area contributed by atoms with Crippen LogP contribution in [0.2, 0.25) is 0 Å². The topological polar surface area (TPSA) is 38.3 Å². The van der Waals surface area contributed by atoms with Gasteiger partial charge in [-0.05, 0) is 53.1 Å². The summed E-state index contributed by atoms with van der Waals surface area (Å²) in [6.07, 6.45) is 1.06. The summed E-state index contributed by atoms with van der Waals surface area (Å²) >= 11 is 2.20. The molecule has 0 fully saturated rings. The van der Waals surface area contributed by atoms with Crippen molar-refractivity contribution in [3.63, 3.8) is 0 Å². The van der Waals surface area contributed by atoms with E-state index in [1.165, 1.54) is 0 Å². The Kier molecular flexibility index (Phi) is 7.27. The first-order valence-corrected chi connectivity index (χ1v) is 7.29. The molecule has 0 aromatic heterocycles. The van der Waals surface area contributed by atoms with Gasteiger partial charge in [0.05, 0.1) is 6.61 Å². The van der Waals surface area contributed by atoms with Crippen molar-refractivity contribution in [2.24, 2.45) is 5.92 Å². The second-order valence-corrected chi connectivity index (χ2v) is 5.81. The van der Waals surface area contributed by atoms with E-state index < -0.39 is 0 Å². The summed E-state index contributed by atoms with van der Waals surface area (Å²) < 4.78 is 6.50. The summed E-state index contributed by atoms with van der Waals surface area (Å²) in [6, 6.07) is 7.54. The van der Waals surface area contributed by atoms with Gasteiger partial charge in [-0.2, -0.15) is 0 Å². The number of amides is 1. The molecule has 0 bridgehead atoms. The Morgan fingerprint density at radius 2 is 2.17 bits per heavy atom. The van der Waals surface area contributed by atoms with Gasteiger partial charge < -0.3 is 10.1 Å². The minimum absolute atomic E-state index is 0.0408. The van der Waals surface area contributed by atoms with Gasteiger partial charge in [-0.1, -0.05) is 19.9 Å². The molecule has 3 nitrogen and oxygen atoms in total. The Morgan fingerprint density at radius 1 is 1.39 bits per heavy atom. The zero-order valence-corrected chi connectivity index (χ0v) is 13.1. The Bertz CT molecular complexity index is 380. The number of rotatable bonds is 7. The molecule has 0 radical (unpaired) electrons. The molecule has 4 heteroatoms. The average Bonchev–Trinajstić information content (AvgIpc) is 2.33. The fraction of sp³-hybridized carbons (Fsp3) is 0.500. The van der Waals surface area contributed by atoms with Gasteiger partial charge in [0.2, 0.25) is 0 Å². The van der Waals surface area contributed by atoms with Crippen molar-refractivity contribution in [3.8, 4) is 0 Å². The SMILES string of the molecule is CC(C)CCOCCNC(=O)c1cccc(I)c1. The Balaban J connectivity index is 2.18. The first-order valence-electron chi connectivity index (χ1n) is 6.21. The number of hydrogen-bond acceptors (Lipinski definition) is 2. The Hall–Kier alpha value is -0.620. The molecular formula is C14H20INO2. The lowest BCUT2D eigenvalue weighted by Gasteiger charge is -2.08. The molecule has 0 heterocycles. The number of hydrogen-bond donors (Lipinski definition) is 1. The van der Waals surface area contributed by atoms with E-state index in [1.807, 2.05) is 24.3 Å². The van der Waals surface area contributed by atoms with Crippen molar-refractivity contribution >= 4 is 28.5 Å². The maximum Gasteiger partial charge on any atom is 0.251 e. The molecule has 18 heavy (non-hydrogen) atoms. The third-order valence-corrected chi connectivity index (χ3v) is 3.13. The van der Waals surface area contributed by atoms with Gasteiger partial charge in [0.15, 0.2) is 0 Å². The lowest BCUT2D eigenvalue weighted by atomic mass is 10.1. The summed E-state index contributed by atoms with van der Waals surface area (Å²) in [5, 5.41) is 2.85. The standard InChI is InChI=1S/C14H20INO2/c1-11(2)6-8-18-9-7-16-14(17)12-4-3-5-13(15)10-12/h3-5,10-11H,6-9H2,1-2H3,(H,16,17). The van der Waals surface area contributed by atoms with Crippen molar-refractivity contribution in [1.82, 2.24) is 5.32 Å². The van der Waals surface area contributed by atoms with E-state index in [-0.39, 0.29) is 5.91 Å². The van der Waals surface area contributed by atoms with E-state index in [2.05, 4.69) is 41.8 Å². The fourth-order valence-electron chi connectivity index (χ4n) is 1.39. The second-order valence-electron chi connectivity index (χ2n) is 4.56. The molecule has 100 valence electrons. The predicted octanol–water partition coefficient (Wildman–Crippen LogP) is 3.08. The molecule has 0 unspecified atom stereocenters. The first-order chi connectivity index (χ1) is 8.59. The lowest BCUT2D eigenvalue weighted by molar-refractivity contribution is 0.0906. The molecule has 1 aromatic rings. The van der Waals surface area contributed by atoms with Gasteiger partial charge in [-0.15, -0.1) is 0 Å². The molecule has 0 saturated carbocycles. The average molecular weight is 361 g/mol. The highest BCUT2D eigenvalue weighted by molar-refractivity contribution is 14.1. The van der Waals surface area contributed by atoms with Crippen LogP contribution in [0.3, 0.4) is 0 Å². The summed E-state index contributed by atoms with van der Waals surface area (Å²) in [6.45, 7) is 6.23. The maximum atomic E-state index is 11.8. The van der Waals surface area contributed by atoms with Crippen LogP contribution in [0.15, 0.2) is 24.3 Å². The Morgan fingerprint density at radius 3 is 2.83 bits per heavy atom. The molecule has 1 aromatic carbocycles. The second kappa shape index (κ2) is 8.48. The smallest absolute Gasteiger partial charge is 0.251 e. The summed E-state index contributed by atoms with van der Waals surface area (Å²) in [5.74, 6) is 0.618. The molecule has 0 aliphatic carbocycles. The van der Waals surface area contributed by atoms with Gasteiger partial charge in [-0.25, -0.2) is 0 Å². The number of ether oxygens (including phenoxy) is 1. The van der Waals surface area contributed by atoms with Crippen LogP contribution in [0, 0.1) is 9.49 Å². The van der Waals surface area contributed by atoms with Gasteiger partial charge in [0.25, 0.3) is 5.91 Å². The van der Waals surface area contributed by atoms with Gasteiger partial charge in [-0.3, -0.25) is 4.79 Å². The van der Waals surface area contributed by atoms with E-state index in [0.29, 0.717) is 24.6 Å². The van der Waals surface area contributed by atoms with Crippen LogP contribution in [0.4, 0.5) is 0 Å². The van der Waals surface area contributed by atoms with E-state index in [1.54, 1.807) is 0 Å². The largest absolute Gasteiger partial charge is 0.380 e. The third kappa shape index (κ3) is 6.35. The number of benzene rings is 1. The third-order valence-electron chi connectivity index (χ3n) is 2.46. The molecule has 0 saturated heterocycles. The number of nitrogens with one attached hydrogen (secondary N) is 1. The molecule has 0 aliphatic rings. The Labute approximate surface area is 122 Å². The molecule has 0 spiro atoms. The van der Waals surface area contributed by atoms with Crippen molar-refractivity contribution in [3.05, 3.63) is 33.4 Å². The number of carbonyl (C=O) groups excluding carboxylic acids is 1.